The molecule has 3 aliphatic rings. The lowest BCUT2D eigenvalue weighted by Crippen LogP contribution is -2.48. The van der Waals surface area contributed by atoms with E-state index in [0.717, 1.165) is 70.3 Å². The van der Waals surface area contributed by atoms with Crippen molar-refractivity contribution in [1.82, 2.24) is 10.5 Å². The minimum absolute atomic E-state index is 0.111. The zero-order valence-corrected chi connectivity index (χ0v) is 20.7. The van der Waals surface area contributed by atoms with E-state index in [2.05, 4.69) is 27.9 Å². The third-order valence-electron chi connectivity index (χ3n) is 8.45. The number of hydrogen-bond acceptors (Lipinski definition) is 5. The van der Waals surface area contributed by atoms with Crippen molar-refractivity contribution >= 4 is 17.5 Å². The smallest absolute Gasteiger partial charge is 0.257 e. The Balaban J connectivity index is 1.34. The Labute approximate surface area is 207 Å². The van der Waals surface area contributed by atoms with E-state index in [9.17, 15) is 9.59 Å². The summed E-state index contributed by atoms with van der Waals surface area (Å²) in [4.78, 5) is 26.6. The van der Waals surface area contributed by atoms with Crippen molar-refractivity contribution in [3.8, 4) is 0 Å². The number of anilines is 1. The maximum absolute atomic E-state index is 13.6. The van der Waals surface area contributed by atoms with E-state index >= 15 is 0 Å². The van der Waals surface area contributed by atoms with Crippen molar-refractivity contribution < 1.29 is 18.8 Å². The zero-order valence-electron chi connectivity index (χ0n) is 20.7. The van der Waals surface area contributed by atoms with Gasteiger partial charge in [-0.2, -0.15) is 0 Å². The van der Waals surface area contributed by atoms with Crippen LogP contribution >= 0.6 is 0 Å². The number of nitrogens with zero attached hydrogens (tertiary/aromatic N) is 1. The molecule has 5 rings (SSSR count). The molecule has 1 saturated heterocycles. The number of aromatic nitrogens is 1. The van der Waals surface area contributed by atoms with E-state index in [1.807, 2.05) is 6.07 Å². The Bertz CT molecular complexity index is 1050. The summed E-state index contributed by atoms with van der Waals surface area (Å²) in [6.45, 7) is 3.39. The van der Waals surface area contributed by atoms with E-state index < -0.39 is 6.04 Å². The molecule has 1 aliphatic heterocycles. The third kappa shape index (κ3) is 5.15. The SMILES string of the molecule is Cc1nocc1C(=O)NC(C(=O)Nc1ccc2c(c1)CCC21CCOCC1)C1CCCCCCC1. The summed E-state index contributed by atoms with van der Waals surface area (Å²) in [6.07, 6.45) is 13.4. The molecule has 35 heavy (non-hydrogen) atoms. The van der Waals surface area contributed by atoms with Crippen molar-refractivity contribution in [2.75, 3.05) is 18.5 Å². The van der Waals surface area contributed by atoms with Crippen LogP contribution in [0.15, 0.2) is 29.0 Å². The molecule has 2 aromatic rings. The lowest BCUT2D eigenvalue weighted by Gasteiger charge is -2.34. The number of nitrogens with one attached hydrogen (secondary N) is 2. The molecule has 7 nitrogen and oxygen atoms in total. The monoisotopic (exact) mass is 479 g/mol. The molecule has 0 radical (unpaired) electrons. The van der Waals surface area contributed by atoms with Crippen LogP contribution in [0.5, 0.6) is 0 Å². The molecule has 2 fully saturated rings. The predicted octanol–water partition coefficient (Wildman–Crippen LogP) is 5.08. The Hall–Kier alpha value is -2.67. The van der Waals surface area contributed by atoms with Gasteiger partial charge in [0, 0.05) is 24.3 Å². The summed E-state index contributed by atoms with van der Waals surface area (Å²) in [5.74, 6) is -0.336. The fourth-order valence-electron chi connectivity index (χ4n) is 6.35. The first-order valence-corrected chi connectivity index (χ1v) is 13.3. The molecule has 1 aromatic heterocycles. The van der Waals surface area contributed by atoms with E-state index in [0.29, 0.717) is 11.3 Å². The van der Waals surface area contributed by atoms with Crippen molar-refractivity contribution in [3.05, 3.63) is 46.8 Å². The number of ether oxygens (including phenoxy) is 1. The topological polar surface area (TPSA) is 93.5 Å². The van der Waals surface area contributed by atoms with Gasteiger partial charge in [0.1, 0.15) is 17.9 Å². The highest BCUT2D eigenvalue weighted by molar-refractivity contribution is 6.01. The highest BCUT2D eigenvalue weighted by Crippen LogP contribution is 2.46. The highest BCUT2D eigenvalue weighted by Gasteiger charge is 2.40. The number of amides is 2. The van der Waals surface area contributed by atoms with Crippen LogP contribution in [0.2, 0.25) is 0 Å². The maximum atomic E-state index is 13.6. The molecule has 1 aromatic carbocycles. The van der Waals surface area contributed by atoms with Crippen molar-refractivity contribution in [2.45, 2.75) is 89.0 Å². The molecule has 2 N–H and O–H groups in total. The number of carbonyl (C=O) groups excluding carboxylic acids is 2. The summed E-state index contributed by atoms with van der Waals surface area (Å²) in [5.41, 5.74) is 4.71. The van der Waals surface area contributed by atoms with Crippen LogP contribution in [0.3, 0.4) is 0 Å². The Morgan fingerprint density at radius 2 is 1.80 bits per heavy atom. The second-order valence-corrected chi connectivity index (χ2v) is 10.6. The zero-order chi connectivity index (χ0) is 24.3. The van der Waals surface area contributed by atoms with Crippen LogP contribution < -0.4 is 10.6 Å². The first-order chi connectivity index (χ1) is 17.1. The van der Waals surface area contributed by atoms with Gasteiger partial charge in [0.25, 0.3) is 5.91 Å². The van der Waals surface area contributed by atoms with Gasteiger partial charge in [-0.1, -0.05) is 43.3 Å². The summed E-state index contributed by atoms with van der Waals surface area (Å²) >= 11 is 0. The minimum atomic E-state index is -0.593. The van der Waals surface area contributed by atoms with Crippen LogP contribution in [0, 0.1) is 12.8 Å². The summed E-state index contributed by atoms with van der Waals surface area (Å²) < 4.78 is 10.6. The van der Waals surface area contributed by atoms with Gasteiger partial charge in [0.05, 0.1) is 5.69 Å². The second-order valence-electron chi connectivity index (χ2n) is 10.6. The molecule has 2 aliphatic carbocycles. The van der Waals surface area contributed by atoms with Gasteiger partial charge in [-0.25, -0.2) is 0 Å². The van der Waals surface area contributed by atoms with Crippen molar-refractivity contribution in [2.24, 2.45) is 5.92 Å². The van der Waals surface area contributed by atoms with E-state index in [4.69, 9.17) is 9.26 Å². The molecule has 1 spiro atoms. The number of aryl methyl sites for hydroxylation is 2. The fraction of sp³-hybridized carbons (Fsp3) is 0.607. The van der Waals surface area contributed by atoms with Crippen molar-refractivity contribution in [3.63, 3.8) is 0 Å². The normalized spacial score (nSPS) is 21.1. The summed E-state index contributed by atoms with van der Waals surface area (Å²) in [6, 6.07) is 5.77. The van der Waals surface area contributed by atoms with Crippen LogP contribution in [0.25, 0.3) is 0 Å². The number of carbonyl (C=O) groups is 2. The second kappa shape index (κ2) is 10.5. The lowest BCUT2D eigenvalue weighted by molar-refractivity contribution is -0.119. The Morgan fingerprint density at radius 3 is 2.51 bits per heavy atom. The molecule has 7 heteroatoms. The third-order valence-corrected chi connectivity index (χ3v) is 8.45. The van der Waals surface area contributed by atoms with Gasteiger partial charge in [0.2, 0.25) is 5.91 Å². The van der Waals surface area contributed by atoms with E-state index in [1.54, 1.807) is 6.92 Å². The van der Waals surface area contributed by atoms with Crippen molar-refractivity contribution in [1.29, 1.82) is 0 Å². The number of fused-ring (bicyclic) bond motifs is 2. The average Bonchev–Trinajstić information content (AvgIpc) is 3.42. The molecule has 2 heterocycles. The molecule has 1 saturated carbocycles. The van der Waals surface area contributed by atoms with Crippen LogP contribution in [0.4, 0.5) is 5.69 Å². The first-order valence-electron chi connectivity index (χ1n) is 13.3. The van der Waals surface area contributed by atoms with Crippen LogP contribution in [0.1, 0.15) is 91.4 Å². The van der Waals surface area contributed by atoms with Gasteiger partial charge >= 0.3 is 0 Å². The Kier molecular flexibility index (Phi) is 7.23. The molecule has 188 valence electrons. The molecule has 1 unspecified atom stereocenters. The van der Waals surface area contributed by atoms with E-state index in [-0.39, 0.29) is 23.1 Å². The molecule has 0 bridgehead atoms. The molecular weight excluding hydrogens is 442 g/mol. The quantitative estimate of drug-likeness (QED) is 0.624. The first kappa shape index (κ1) is 24.0. The number of rotatable bonds is 5. The predicted molar refractivity (Wildman–Crippen MR) is 133 cm³/mol. The fourth-order valence-corrected chi connectivity index (χ4v) is 6.35. The lowest BCUT2D eigenvalue weighted by atomic mass is 9.75. The minimum Gasteiger partial charge on any atom is -0.381 e. The van der Waals surface area contributed by atoms with E-state index in [1.165, 1.54) is 36.7 Å². The summed E-state index contributed by atoms with van der Waals surface area (Å²) in [7, 11) is 0. The van der Waals surface area contributed by atoms with Crippen LogP contribution in [-0.2, 0) is 21.4 Å². The number of benzene rings is 1. The maximum Gasteiger partial charge on any atom is 0.257 e. The summed E-state index contributed by atoms with van der Waals surface area (Å²) in [5, 5.41) is 10.00. The van der Waals surface area contributed by atoms with Crippen LogP contribution in [-0.4, -0.2) is 36.2 Å². The van der Waals surface area contributed by atoms with Gasteiger partial charge < -0.3 is 19.9 Å². The van der Waals surface area contributed by atoms with Gasteiger partial charge in [0.15, 0.2) is 0 Å². The Morgan fingerprint density at radius 1 is 1.06 bits per heavy atom. The number of hydrogen-bond donors (Lipinski definition) is 2. The molecular formula is C28H37N3O4. The van der Waals surface area contributed by atoms with Gasteiger partial charge in [-0.05, 0) is 74.6 Å². The van der Waals surface area contributed by atoms with Gasteiger partial charge in [-0.15, -0.1) is 0 Å². The van der Waals surface area contributed by atoms with Gasteiger partial charge in [-0.3, -0.25) is 9.59 Å². The standard InChI is InChI=1S/C28H37N3O4/c1-19-23(18-35-31-19)26(32)30-25(20-7-5-3-2-4-6-8-20)27(33)29-22-9-10-24-21(17-22)11-12-28(24)13-15-34-16-14-28/h9-10,17-18,20,25H,2-8,11-16H2,1H3,(H,29,33)(H,30,32). The average molecular weight is 480 g/mol. The largest absolute Gasteiger partial charge is 0.381 e. The molecule has 2 amide bonds. The highest BCUT2D eigenvalue weighted by atomic mass is 16.5. The molecule has 1 atom stereocenters.